The third-order valence-corrected chi connectivity index (χ3v) is 5.09. The zero-order chi connectivity index (χ0) is 22.1. The van der Waals surface area contributed by atoms with Crippen LogP contribution in [-0.2, 0) is 19.0 Å². The molecule has 2 aromatic carbocycles. The zero-order valence-corrected chi connectivity index (χ0v) is 16.5. The van der Waals surface area contributed by atoms with E-state index in [2.05, 4.69) is 0 Å². The maximum absolute atomic E-state index is 13.4. The summed E-state index contributed by atoms with van der Waals surface area (Å²) in [6.07, 6.45) is -2.90. The Morgan fingerprint density at radius 3 is 2.30 bits per heavy atom. The lowest BCUT2D eigenvalue weighted by atomic mass is 9.91. The second-order valence-corrected chi connectivity index (χ2v) is 6.98. The van der Waals surface area contributed by atoms with Crippen molar-refractivity contribution in [2.45, 2.75) is 32.9 Å². The standard InChI is InChI=1S/C23H20F3NO3/c1-3-18-14(2)19(10-9-16(18)11-15-7-5-4-6-8-15)21(28)27-13-17(22(29)30)12-20(27)23(24,25)26/h4-10,12-13H,3,11H2,1-2H3,(H,29,30). The van der Waals surface area contributed by atoms with Gasteiger partial charge in [0.25, 0.3) is 5.91 Å². The molecule has 0 aliphatic rings. The Morgan fingerprint density at radius 1 is 1.07 bits per heavy atom. The third kappa shape index (κ3) is 4.15. The first-order valence-electron chi connectivity index (χ1n) is 9.36. The highest BCUT2D eigenvalue weighted by Crippen LogP contribution is 2.32. The SMILES string of the molecule is CCc1c(Cc2ccccc2)ccc(C(=O)n2cc(C(=O)O)cc2C(F)(F)F)c1C. The molecule has 1 aromatic heterocycles. The zero-order valence-electron chi connectivity index (χ0n) is 16.5. The highest BCUT2D eigenvalue weighted by atomic mass is 19.4. The smallest absolute Gasteiger partial charge is 0.431 e. The number of rotatable bonds is 5. The largest absolute Gasteiger partial charge is 0.478 e. The van der Waals surface area contributed by atoms with Gasteiger partial charge in [0.15, 0.2) is 0 Å². The van der Waals surface area contributed by atoms with Crippen molar-refractivity contribution in [3.05, 3.63) is 93.8 Å². The van der Waals surface area contributed by atoms with Crippen LogP contribution in [0.4, 0.5) is 13.2 Å². The number of alkyl halides is 3. The number of nitrogens with zero attached hydrogens (tertiary/aromatic N) is 1. The fraction of sp³-hybridized carbons (Fsp3) is 0.217. The lowest BCUT2D eigenvalue weighted by Crippen LogP contribution is -2.21. The van der Waals surface area contributed by atoms with E-state index in [1.54, 1.807) is 13.0 Å². The van der Waals surface area contributed by atoms with Gasteiger partial charge in [-0.15, -0.1) is 0 Å². The van der Waals surface area contributed by atoms with Crippen LogP contribution in [0.5, 0.6) is 0 Å². The summed E-state index contributed by atoms with van der Waals surface area (Å²) in [4.78, 5) is 24.1. The molecule has 0 radical (unpaired) electrons. The van der Waals surface area contributed by atoms with E-state index in [1.807, 2.05) is 37.3 Å². The van der Waals surface area contributed by atoms with E-state index >= 15 is 0 Å². The molecule has 30 heavy (non-hydrogen) atoms. The van der Waals surface area contributed by atoms with E-state index in [9.17, 15) is 22.8 Å². The molecule has 0 aliphatic carbocycles. The number of hydrogen-bond acceptors (Lipinski definition) is 2. The van der Waals surface area contributed by atoms with Crippen LogP contribution in [-0.4, -0.2) is 21.6 Å². The van der Waals surface area contributed by atoms with Crippen molar-refractivity contribution in [1.82, 2.24) is 4.57 Å². The lowest BCUT2D eigenvalue weighted by Gasteiger charge is -2.17. The molecule has 1 heterocycles. The maximum atomic E-state index is 13.4. The average molecular weight is 415 g/mol. The monoisotopic (exact) mass is 415 g/mol. The Kier molecular flexibility index (Phi) is 5.82. The van der Waals surface area contributed by atoms with E-state index in [1.165, 1.54) is 6.07 Å². The topological polar surface area (TPSA) is 59.3 Å². The number of carboxylic acid groups (broad SMARTS) is 1. The number of carbonyl (C=O) groups excluding carboxylic acids is 1. The summed E-state index contributed by atoms with van der Waals surface area (Å²) in [5, 5.41) is 9.06. The van der Waals surface area contributed by atoms with E-state index in [-0.39, 0.29) is 5.56 Å². The molecule has 4 nitrogen and oxygen atoms in total. The van der Waals surface area contributed by atoms with Crippen molar-refractivity contribution >= 4 is 11.9 Å². The van der Waals surface area contributed by atoms with Gasteiger partial charge in [-0.1, -0.05) is 43.3 Å². The summed E-state index contributed by atoms with van der Waals surface area (Å²) in [7, 11) is 0. The second kappa shape index (κ2) is 8.18. The van der Waals surface area contributed by atoms with Gasteiger partial charge in [0.05, 0.1) is 5.56 Å². The second-order valence-electron chi connectivity index (χ2n) is 6.98. The number of benzene rings is 2. The molecule has 156 valence electrons. The summed E-state index contributed by atoms with van der Waals surface area (Å²) >= 11 is 0. The highest BCUT2D eigenvalue weighted by Gasteiger charge is 2.37. The van der Waals surface area contributed by atoms with Crippen LogP contribution in [0.25, 0.3) is 0 Å². The van der Waals surface area contributed by atoms with Crippen LogP contribution < -0.4 is 0 Å². The van der Waals surface area contributed by atoms with Crippen molar-refractivity contribution < 1.29 is 27.9 Å². The molecule has 0 bridgehead atoms. The van der Waals surface area contributed by atoms with Gasteiger partial charge < -0.3 is 5.11 Å². The van der Waals surface area contributed by atoms with Gasteiger partial charge >= 0.3 is 12.1 Å². The molecule has 3 aromatic rings. The average Bonchev–Trinajstić information content (AvgIpc) is 3.15. The Labute approximate surface area is 171 Å². The molecular formula is C23H20F3NO3. The number of aromatic carboxylic acids is 1. The Balaban J connectivity index is 2.06. The normalized spacial score (nSPS) is 11.5. The molecule has 0 saturated heterocycles. The molecule has 0 spiro atoms. The van der Waals surface area contributed by atoms with Gasteiger partial charge in [0, 0.05) is 11.8 Å². The third-order valence-electron chi connectivity index (χ3n) is 5.09. The Hall–Kier alpha value is -3.35. The maximum Gasteiger partial charge on any atom is 0.431 e. The first-order chi connectivity index (χ1) is 14.1. The van der Waals surface area contributed by atoms with Crippen molar-refractivity contribution in [3.8, 4) is 0 Å². The number of hydrogen-bond donors (Lipinski definition) is 1. The fourth-order valence-corrected chi connectivity index (χ4v) is 3.61. The highest BCUT2D eigenvalue weighted by molar-refractivity contribution is 5.99. The molecule has 3 rings (SSSR count). The van der Waals surface area contributed by atoms with Crippen LogP contribution in [0, 0.1) is 6.92 Å². The molecule has 0 aliphatic heterocycles. The summed E-state index contributed by atoms with van der Waals surface area (Å²) in [6, 6.07) is 13.5. The first-order valence-corrected chi connectivity index (χ1v) is 9.36. The van der Waals surface area contributed by atoms with Crippen LogP contribution in [0.1, 0.15) is 55.6 Å². The van der Waals surface area contributed by atoms with Crippen LogP contribution in [0.3, 0.4) is 0 Å². The van der Waals surface area contributed by atoms with Crippen molar-refractivity contribution in [2.75, 3.05) is 0 Å². The van der Waals surface area contributed by atoms with Crippen molar-refractivity contribution in [3.63, 3.8) is 0 Å². The number of carboxylic acids is 1. The molecule has 0 fully saturated rings. The van der Waals surface area contributed by atoms with Gasteiger partial charge in [0.1, 0.15) is 5.69 Å². The van der Waals surface area contributed by atoms with E-state index < -0.39 is 29.3 Å². The molecular weight excluding hydrogens is 395 g/mol. The van der Waals surface area contributed by atoms with Crippen LogP contribution in [0.2, 0.25) is 0 Å². The van der Waals surface area contributed by atoms with E-state index in [0.717, 1.165) is 22.9 Å². The molecule has 7 heteroatoms. The van der Waals surface area contributed by atoms with Crippen molar-refractivity contribution in [1.29, 1.82) is 0 Å². The van der Waals surface area contributed by atoms with E-state index in [0.29, 0.717) is 29.0 Å². The minimum atomic E-state index is -4.86. The fourth-order valence-electron chi connectivity index (χ4n) is 3.61. The molecule has 0 atom stereocenters. The summed E-state index contributed by atoms with van der Waals surface area (Å²) in [5.74, 6) is -2.44. The minimum absolute atomic E-state index is 0.113. The number of aromatic nitrogens is 1. The summed E-state index contributed by atoms with van der Waals surface area (Å²) in [6.45, 7) is 3.62. The summed E-state index contributed by atoms with van der Waals surface area (Å²) < 4.78 is 40.5. The van der Waals surface area contributed by atoms with Gasteiger partial charge in [-0.3, -0.25) is 9.36 Å². The molecule has 0 saturated carbocycles. The Bertz CT molecular complexity index is 1100. The van der Waals surface area contributed by atoms with Crippen LogP contribution in [0.15, 0.2) is 54.7 Å². The predicted octanol–water partition coefficient (Wildman–Crippen LogP) is 5.36. The molecule has 0 amide bonds. The van der Waals surface area contributed by atoms with Crippen LogP contribution >= 0.6 is 0 Å². The first kappa shape index (κ1) is 21.4. The lowest BCUT2D eigenvalue weighted by molar-refractivity contribution is -0.142. The van der Waals surface area contributed by atoms with Gasteiger partial charge in [-0.05, 0) is 54.2 Å². The number of carbonyl (C=O) groups is 2. The van der Waals surface area contributed by atoms with Gasteiger partial charge in [0.2, 0.25) is 0 Å². The van der Waals surface area contributed by atoms with Gasteiger partial charge in [-0.25, -0.2) is 4.79 Å². The molecule has 1 N–H and O–H groups in total. The quantitative estimate of drug-likeness (QED) is 0.611. The van der Waals surface area contributed by atoms with Gasteiger partial charge in [-0.2, -0.15) is 13.2 Å². The van der Waals surface area contributed by atoms with E-state index in [4.69, 9.17) is 5.11 Å². The predicted molar refractivity (Wildman–Crippen MR) is 106 cm³/mol. The number of halogens is 3. The van der Waals surface area contributed by atoms with Crippen molar-refractivity contribution in [2.24, 2.45) is 0 Å². The summed E-state index contributed by atoms with van der Waals surface area (Å²) in [5.41, 5.74) is 1.77. The molecule has 0 unspecified atom stereocenters. The Morgan fingerprint density at radius 2 is 1.73 bits per heavy atom. The minimum Gasteiger partial charge on any atom is -0.478 e.